The highest BCUT2D eigenvalue weighted by Crippen LogP contribution is 2.36. The van der Waals surface area contributed by atoms with Crippen LogP contribution in [0, 0.1) is 13.8 Å². The van der Waals surface area contributed by atoms with Gasteiger partial charge in [-0.15, -0.1) is 0 Å². The normalized spacial score (nSPS) is 14.6. The fourth-order valence-corrected chi connectivity index (χ4v) is 2.59. The molecule has 1 aromatic carbocycles. The number of hydrogen-bond acceptors (Lipinski definition) is 3. The van der Waals surface area contributed by atoms with E-state index < -0.39 is 0 Å². The van der Waals surface area contributed by atoms with Gasteiger partial charge in [-0.2, -0.15) is 0 Å². The third kappa shape index (κ3) is 3.11. The number of phenols is 1. The minimum Gasteiger partial charge on any atom is -0.507 e. The van der Waals surface area contributed by atoms with E-state index in [-0.39, 0.29) is 10.1 Å². The Morgan fingerprint density at radius 2 is 1.95 bits per heavy atom. The van der Waals surface area contributed by atoms with Gasteiger partial charge < -0.3 is 10.4 Å². The number of hydrogen-bond donors (Lipinski definition) is 2. The summed E-state index contributed by atoms with van der Waals surface area (Å²) in [5, 5.41) is 13.7. The van der Waals surface area contributed by atoms with E-state index in [1.54, 1.807) is 0 Å². The Balaban J connectivity index is 0.00000200. The molecule has 0 radical (unpaired) electrons. The number of nitrogens with zero attached hydrogens (tertiary/aromatic N) is 1. The summed E-state index contributed by atoms with van der Waals surface area (Å²) in [6, 6.07) is 2.12. The molecule has 112 valence electrons. The lowest BCUT2D eigenvalue weighted by Crippen LogP contribution is -2.22. The molecular formula is C16H25FN2O. The zero-order valence-electron chi connectivity index (χ0n) is 13.0. The Hall–Kier alpha value is -1.58. The molecule has 3 nitrogen and oxygen atoms in total. The second-order valence-electron chi connectivity index (χ2n) is 6.38. The molecule has 0 aromatic heterocycles. The van der Waals surface area contributed by atoms with Crippen LogP contribution in [0.15, 0.2) is 11.1 Å². The first kappa shape index (κ1) is 16.5. The van der Waals surface area contributed by atoms with Crippen LogP contribution in [0.3, 0.4) is 0 Å². The second kappa shape index (κ2) is 5.81. The van der Waals surface area contributed by atoms with E-state index in [1.807, 2.05) is 6.92 Å². The Morgan fingerprint density at radius 3 is 2.45 bits per heavy atom. The van der Waals surface area contributed by atoms with E-state index in [9.17, 15) is 5.11 Å². The van der Waals surface area contributed by atoms with Crippen LogP contribution in [-0.4, -0.2) is 24.0 Å². The van der Waals surface area contributed by atoms with Gasteiger partial charge in [0.2, 0.25) is 0 Å². The summed E-state index contributed by atoms with van der Waals surface area (Å²) in [4.78, 5) is 4.44. The van der Waals surface area contributed by atoms with Gasteiger partial charge in [-0.05, 0) is 41.5 Å². The van der Waals surface area contributed by atoms with Crippen LogP contribution < -0.4 is 5.32 Å². The molecule has 0 spiro atoms. The lowest BCUT2D eigenvalue weighted by Gasteiger charge is -2.24. The highest BCUT2D eigenvalue weighted by molar-refractivity contribution is 5.86. The molecule has 1 aliphatic rings. The summed E-state index contributed by atoms with van der Waals surface area (Å²) in [6.07, 6.45) is 0.787. The van der Waals surface area contributed by atoms with E-state index in [1.165, 1.54) is 11.1 Å². The molecule has 4 heteroatoms. The van der Waals surface area contributed by atoms with Crippen molar-refractivity contribution in [3.63, 3.8) is 0 Å². The molecule has 20 heavy (non-hydrogen) atoms. The van der Waals surface area contributed by atoms with Crippen molar-refractivity contribution in [2.24, 2.45) is 4.99 Å². The van der Waals surface area contributed by atoms with E-state index in [0.717, 1.165) is 36.5 Å². The van der Waals surface area contributed by atoms with Crippen molar-refractivity contribution in [2.45, 2.75) is 46.5 Å². The number of halogens is 1. The molecule has 1 aromatic rings. The molecule has 0 aliphatic carbocycles. The summed E-state index contributed by atoms with van der Waals surface area (Å²) in [6.45, 7) is 12.3. The van der Waals surface area contributed by atoms with Crippen molar-refractivity contribution in [1.82, 2.24) is 5.32 Å². The standard InChI is InChI=1S/C16H24N2O.FH/c1-10-8-13(16(3,4)5)15(19)11(2)12(10)9-14-17-6-7-18-14;/h8,19H,6-7,9H2,1-5H3,(H,17,18);1H. The molecule has 1 heterocycles. The predicted octanol–water partition coefficient (Wildman–Crippen LogP) is 3.00. The molecule has 0 atom stereocenters. The monoisotopic (exact) mass is 280 g/mol. The van der Waals surface area contributed by atoms with E-state index in [0.29, 0.717) is 5.75 Å². The minimum absolute atomic E-state index is 0. The number of aromatic hydroxyl groups is 1. The lowest BCUT2D eigenvalue weighted by atomic mass is 9.82. The number of aryl methyl sites for hydroxylation is 1. The van der Waals surface area contributed by atoms with Gasteiger partial charge in [0.05, 0.1) is 6.54 Å². The summed E-state index contributed by atoms with van der Waals surface area (Å²) in [5.41, 5.74) is 4.39. The van der Waals surface area contributed by atoms with Crippen molar-refractivity contribution in [3.05, 3.63) is 28.3 Å². The number of nitrogens with one attached hydrogen (secondary N) is 1. The average molecular weight is 280 g/mol. The number of phenolic OH excluding ortho intramolecular Hbond substituents is 1. The molecule has 0 bridgehead atoms. The van der Waals surface area contributed by atoms with Crippen LogP contribution >= 0.6 is 0 Å². The van der Waals surface area contributed by atoms with E-state index >= 15 is 0 Å². The number of aliphatic imine (C=N–C) groups is 1. The van der Waals surface area contributed by atoms with Gasteiger partial charge in [0.25, 0.3) is 0 Å². The third-order valence-corrected chi connectivity index (χ3v) is 3.80. The maximum absolute atomic E-state index is 10.5. The maximum atomic E-state index is 10.5. The summed E-state index contributed by atoms with van der Waals surface area (Å²) in [7, 11) is 0. The van der Waals surface area contributed by atoms with Crippen molar-refractivity contribution >= 4 is 5.84 Å². The zero-order chi connectivity index (χ0) is 14.2. The molecule has 0 saturated heterocycles. The van der Waals surface area contributed by atoms with Gasteiger partial charge in [-0.1, -0.05) is 26.8 Å². The second-order valence-corrected chi connectivity index (χ2v) is 6.38. The fraction of sp³-hybridized carbons (Fsp3) is 0.562. The largest absolute Gasteiger partial charge is 0.507 e. The van der Waals surface area contributed by atoms with Crippen LogP contribution in [0.4, 0.5) is 4.70 Å². The third-order valence-electron chi connectivity index (χ3n) is 3.80. The summed E-state index contributed by atoms with van der Waals surface area (Å²) >= 11 is 0. The topological polar surface area (TPSA) is 44.6 Å². The Bertz CT molecular complexity index is 530. The SMILES string of the molecule is Cc1cc(C(C)(C)C)c(O)c(C)c1CC1=NCCN1.F. The first-order chi connectivity index (χ1) is 8.80. The number of benzene rings is 1. The van der Waals surface area contributed by atoms with Gasteiger partial charge in [0, 0.05) is 13.0 Å². The summed E-state index contributed by atoms with van der Waals surface area (Å²) in [5.74, 6) is 1.47. The highest BCUT2D eigenvalue weighted by Gasteiger charge is 2.22. The first-order valence-electron chi connectivity index (χ1n) is 6.90. The van der Waals surface area contributed by atoms with E-state index in [2.05, 4.69) is 44.1 Å². The molecular weight excluding hydrogens is 255 g/mol. The summed E-state index contributed by atoms with van der Waals surface area (Å²) < 4.78 is 0. The van der Waals surface area contributed by atoms with Gasteiger partial charge in [0.1, 0.15) is 11.6 Å². The Kier molecular flexibility index (Phi) is 4.79. The number of rotatable bonds is 2. The molecule has 0 unspecified atom stereocenters. The molecule has 1 aliphatic heterocycles. The fourth-order valence-electron chi connectivity index (χ4n) is 2.59. The number of amidine groups is 1. The van der Waals surface area contributed by atoms with Crippen LogP contribution in [-0.2, 0) is 11.8 Å². The average Bonchev–Trinajstić information content (AvgIpc) is 2.80. The first-order valence-corrected chi connectivity index (χ1v) is 6.90. The van der Waals surface area contributed by atoms with Crippen LogP contribution in [0.25, 0.3) is 0 Å². The van der Waals surface area contributed by atoms with E-state index in [4.69, 9.17) is 0 Å². The lowest BCUT2D eigenvalue weighted by molar-refractivity contribution is 0.442. The van der Waals surface area contributed by atoms with Crippen molar-refractivity contribution in [2.75, 3.05) is 13.1 Å². The predicted molar refractivity (Wildman–Crippen MR) is 82.8 cm³/mol. The van der Waals surface area contributed by atoms with Crippen molar-refractivity contribution in [1.29, 1.82) is 0 Å². The van der Waals surface area contributed by atoms with Crippen LogP contribution in [0.1, 0.15) is 43.0 Å². The molecule has 0 amide bonds. The Labute approximate surface area is 120 Å². The van der Waals surface area contributed by atoms with Gasteiger partial charge >= 0.3 is 0 Å². The van der Waals surface area contributed by atoms with Crippen LogP contribution in [0.2, 0.25) is 0 Å². The highest BCUT2D eigenvalue weighted by atomic mass is 19.0. The quantitative estimate of drug-likeness (QED) is 0.874. The Morgan fingerprint density at radius 1 is 1.30 bits per heavy atom. The molecule has 2 N–H and O–H groups in total. The molecule has 0 saturated carbocycles. The maximum Gasteiger partial charge on any atom is 0.122 e. The van der Waals surface area contributed by atoms with Gasteiger partial charge in [0.15, 0.2) is 0 Å². The van der Waals surface area contributed by atoms with Crippen molar-refractivity contribution in [3.8, 4) is 5.75 Å². The smallest absolute Gasteiger partial charge is 0.122 e. The zero-order valence-corrected chi connectivity index (χ0v) is 13.0. The van der Waals surface area contributed by atoms with Gasteiger partial charge in [-0.25, -0.2) is 0 Å². The minimum atomic E-state index is -0.0404. The molecule has 2 rings (SSSR count). The van der Waals surface area contributed by atoms with Gasteiger partial charge in [-0.3, -0.25) is 9.70 Å². The molecule has 0 fully saturated rings. The van der Waals surface area contributed by atoms with Crippen LogP contribution in [0.5, 0.6) is 5.75 Å². The van der Waals surface area contributed by atoms with Crippen molar-refractivity contribution < 1.29 is 9.81 Å².